The van der Waals surface area contributed by atoms with Crippen molar-refractivity contribution < 1.29 is 13.9 Å². The van der Waals surface area contributed by atoms with E-state index in [0.717, 1.165) is 16.3 Å². The normalized spacial score (nSPS) is 13.7. The summed E-state index contributed by atoms with van der Waals surface area (Å²) >= 11 is 0. The van der Waals surface area contributed by atoms with E-state index >= 15 is 0 Å². The number of benzene rings is 3. The highest BCUT2D eigenvalue weighted by Crippen LogP contribution is 2.28. The van der Waals surface area contributed by atoms with Gasteiger partial charge in [-0.15, -0.1) is 0 Å². The lowest BCUT2D eigenvalue weighted by molar-refractivity contribution is -0.133. The van der Waals surface area contributed by atoms with E-state index in [1.165, 1.54) is 12.1 Å². The molecule has 3 aromatic carbocycles. The van der Waals surface area contributed by atoms with Crippen molar-refractivity contribution >= 4 is 39.5 Å². The molecular weight excluding hydrogens is 483 g/mol. The zero-order valence-corrected chi connectivity index (χ0v) is 20.5. The number of fused-ring (bicyclic) bond motifs is 2. The fraction of sp³-hybridized carbons (Fsp3) is 0.172. The van der Waals surface area contributed by atoms with E-state index in [4.69, 9.17) is 15.5 Å². The van der Waals surface area contributed by atoms with Crippen LogP contribution in [0.15, 0.2) is 78.9 Å². The summed E-state index contributed by atoms with van der Waals surface area (Å²) in [6.45, 7) is 2.13. The van der Waals surface area contributed by atoms with Gasteiger partial charge in [-0.3, -0.25) is 4.79 Å². The first-order valence-corrected chi connectivity index (χ1v) is 12.4. The number of ether oxygens (including phenoxy) is 1. The Kier molecular flexibility index (Phi) is 6.17. The van der Waals surface area contributed by atoms with Crippen LogP contribution in [-0.2, 0) is 4.79 Å². The van der Waals surface area contributed by atoms with Crippen molar-refractivity contribution in [1.82, 2.24) is 19.9 Å². The lowest BCUT2D eigenvalue weighted by Gasteiger charge is -2.35. The van der Waals surface area contributed by atoms with E-state index in [1.807, 2.05) is 54.6 Å². The van der Waals surface area contributed by atoms with Crippen LogP contribution < -0.4 is 15.4 Å². The minimum Gasteiger partial charge on any atom is -0.483 e. The van der Waals surface area contributed by atoms with Crippen molar-refractivity contribution in [1.29, 1.82) is 0 Å². The maximum Gasteiger partial charge on any atom is 0.260 e. The molecule has 0 radical (unpaired) electrons. The summed E-state index contributed by atoms with van der Waals surface area (Å²) in [4.78, 5) is 30.4. The highest BCUT2D eigenvalue weighted by molar-refractivity contribution is 5.90. The summed E-state index contributed by atoms with van der Waals surface area (Å²) in [5, 5.41) is 2.05. The monoisotopic (exact) mass is 508 g/mol. The highest BCUT2D eigenvalue weighted by Gasteiger charge is 2.25. The Labute approximate surface area is 218 Å². The second kappa shape index (κ2) is 9.93. The number of pyridine rings is 1. The molecule has 0 bridgehead atoms. The molecule has 5 aromatic rings. The zero-order chi connectivity index (χ0) is 26.1. The van der Waals surface area contributed by atoms with Gasteiger partial charge in [-0.1, -0.05) is 36.4 Å². The first-order valence-electron chi connectivity index (χ1n) is 12.4. The average Bonchev–Trinajstić information content (AvgIpc) is 2.96. The number of rotatable bonds is 5. The lowest BCUT2D eigenvalue weighted by atomic mass is 10.1. The fourth-order valence-electron chi connectivity index (χ4n) is 4.74. The van der Waals surface area contributed by atoms with Gasteiger partial charge in [0.25, 0.3) is 5.91 Å². The van der Waals surface area contributed by atoms with Gasteiger partial charge in [-0.2, -0.15) is 4.98 Å². The van der Waals surface area contributed by atoms with Gasteiger partial charge >= 0.3 is 0 Å². The molecule has 8 nitrogen and oxygen atoms in total. The van der Waals surface area contributed by atoms with E-state index in [0.29, 0.717) is 54.5 Å². The number of piperazine rings is 1. The predicted octanol–water partition coefficient (Wildman–Crippen LogP) is 4.29. The summed E-state index contributed by atoms with van der Waals surface area (Å²) in [6.07, 6.45) is 0. The molecule has 2 N–H and O–H groups in total. The number of nitrogen functional groups attached to an aromatic ring is 1. The van der Waals surface area contributed by atoms with E-state index in [2.05, 4.69) is 14.9 Å². The Morgan fingerprint density at radius 2 is 1.63 bits per heavy atom. The third-order valence-electron chi connectivity index (χ3n) is 6.71. The smallest absolute Gasteiger partial charge is 0.260 e. The Bertz CT molecular complexity index is 1630. The van der Waals surface area contributed by atoms with Gasteiger partial charge < -0.3 is 20.3 Å². The Balaban J connectivity index is 1.17. The van der Waals surface area contributed by atoms with Crippen LogP contribution in [0.5, 0.6) is 5.75 Å². The summed E-state index contributed by atoms with van der Waals surface area (Å²) < 4.78 is 19.3. The quantitative estimate of drug-likeness (QED) is 0.378. The van der Waals surface area contributed by atoms with Gasteiger partial charge in [0.2, 0.25) is 5.95 Å². The van der Waals surface area contributed by atoms with Crippen molar-refractivity contribution in [3.05, 3.63) is 84.7 Å². The van der Waals surface area contributed by atoms with Gasteiger partial charge in [0.15, 0.2) is 12.4 Å². The zero-order valence-electron chi connectivity index (χ0n) is 20.5. The van der Waals surface area contributed by atoms with Crippen molar-refractivity contribution in [3.8, 4) is 17.0 Å². The molecule has 1 aliphatic heterocycles. The maximum absolute atomic E-state index is 13.4. The molecule has 1 aliphatic rings. The molecule has 1 fully saturated rings. The molecule has 0 saturated carbocycles. The van der Waals surface area contributed by atoms with Gasteiger partial charge in [0, 0.05) is 37.1 Å². The minimum atomic E-state index is -0.304. The number of carbonyl (C=O) groups excluding carboxylic acids is 1. The molecule has 2 aromatic heterocycles. The number of halogens is 1. The Morgan fingerprint density at radius 3 is 2.45 bits per heavy atom. The predicted molar refractivity (Wildman–Crippen MR) is 145 cm³/mol. The summed E-state index contributed by atoms with van der Waals surface area (Å²) in [7, 11) is 0. The second-order valence-electron chi connectivity index (χ2n) is 9.11. The number of hydrogen-bond donors (Lipinski definition) is 1. The molecule has 1 saturated heterocycles. The molecule has 0 unspecified atom stereocenters. The van der Waals surface area contributed by atoms with Crippen molar-refractivity contribution in [2.75, 3.05) is 43.4 Å². The van der Waals surface area contributed by atoms with Crippen LogP contribution in [0.4, 0.5) is 16.2 Å². The molecule has 1 amide bonds. The minimum absolute atomic E-state index is 0.0278. The number of nitrogens with zero attached hydrogens (tertiary/aromatic N) is 5. The molecule has 38 heavy (non-hydrogen) atoms. The molecule has 0 spiro atoms. The van der Waals surface area contributed by atoms with Crippen LogP contribution in [0.3, 0.4) is 0 Å². The average molecular weight is 509 g/mol. The van der Waals surface area contributed by atoms with Gasteiger partial charge in [-0.25, -0.2) is 14.4 Å². The number of nitrogens with two attached hydrogens (primary N) is 1. The Morgan fingerprint density at radius 1 is 0.868 bits per heavy atom. The van der Waals surface area contributed by atoms with E-state index in [1.54, 1.807) is 17.0 Å². The maximum atomic E-state index is 13.4. The Hall–Kier alpha value is -4.79. The van der Waals surface area contributed by atoms with E-state index in [-0.39, 0.29) is 24.3 Å². The first-order chi connectivity index (χ1) is 18.5. The van der Waals surface area contributed by atoms with Crippen molar-refractivity contribution in [2.45, 2.75) is 0 Å². The molecule has 3 heterocycles. The molecule has 6 rings (SSSR count). The summed E-state index contributed by atoms with van der Waals surface area (Å²) in [5.41, 5.74) is 8.72. The SMILES string of the molecule is Nc1nc(N2CCN(C(=O)COc3cccc4ccccc34)CC2)c2nc(-c3ccc(F)cc3)ccc2n1. The molecule has 190 valence electrons. The van der Waals surface area contributed by atoms with Crippen molar-refractivity contribution in [3.63, 3.8) is 0 Å². The number of aromatic nitrogens is 3. The third-order valence-corrected chi connectivity index (χ3v) is 6.71. The van der Waals surface area contributed by atoms with Crippen LogP contribution in [0.2, 0.25) is 0 Å². The van der Waals surface area contributed by atoms with Crippen LogP contribution in [-0.4, -0.2) is 58.5 Å². The molecule has 0 aliphatic carbocycles. The number of anilines is 2. The van der Waals surface area contributed by atoms with Gasteiger partial charge in [0.1, 0.15) is 17.1 Å². The summed E-state index contributed by atoms with van der Waals surface area (Å²) in [6, 6.07) is 23.6. The highest BCUT2D eigenvalue weighted by atomic mass is 19.1. The van der Waals surface area contributed by atoms with Gasteiger partial charge in [-0.05, 0) is 47.9 Å². The lowest BCUT2D eigenvalue weighted by Crippen LogP contribution is -2.50. The molecule has 0 atom stereocenters. The molecular formula is C29H25FN6O2. The topological polar surface area (TPSA) is 97.5 Å². The second-order valence-corrected chi connectivity index (χ2v) is 9.11. The van der Waals surface area contributed by atoms with Crippen LogP contribution in [0.1, 0.15) is 0 Å². The summed E-state index contributed by atoms with van der Waals surface area (Å²) in [5.74, 6) is 1.10. The number of amides is 1. The van der Waals surface area contributed by atoms with E-state index < -0.39 is 0 Å². The van der Waals surface area contributed by atoms with E-state index in [9.17, 15) is 9.18 Å². The number of hydrogen-bond acceptors (Lipinski definition) is 7. The van der Waals surface area contributed by atoms with Crippen LogP contribution in [0.25, 0.3) is 33.1 Å². The fourth-order valence-corrected chi connectivity index (χ4v) is 4.74. The first kappa shape index (κ1) is 23.6. The largest absolute Gasteiger partial charge is 0.483 e. The standard InChI is InChI=1S/C29H25FN6O2/c30-21-10-8-20(9-11-21)23-12-13-24-27(32-23)28(34-29(31)33-24)36-16-14-35(15-17-36)26(37)18-38-25-7-3-5-19-4-1-2-6-22(19)25/h1-13H,14-18H2,(H2,31,33,34). The molecule has 9 heteroatoms. The number of carbonyl (C=O) groups is 1. The van der Waals surface area contributed by atoms with Gasteiger partial charge in [0.05, 0.1) is 11.2 Å². The van der Waals surface area contributed by atoms with Crippen molar-refractivity contribution in [2.24, 2.45) is 0 Å². The third kappa shape index (κ3) is 4.66. The van der Waals surface area contributed by atoms with Crippen LogP contribution in [0, 0.1) is 5.82 Å². The van der Waals surface area contributed by atoms with Crippen LogP contribution >= 0.6 is 0 Å².